The first kappa shape index (κ1) is 29.7. The van der Waals surface area contributed by atoms with Gasteiger partial charge in [-0.05, 0) is 60.9 Å². The van der Waals surface area contributed by atoms with E-state index in [0.29, 0.717) is 18.9 Å². The molecule has 0 amide bonds. The fourth-order valence-electron chi connectivity index (χ4n) is 4.84. The molecule has 1 atom stereocenters. The predicted octanol–water partition coefficient (Wildman–Crippen LogP) is 7.80. The normalized spacial score (nSPS) is 14.3. The summed E-state index contributed by atoms with van der Waals surface area (Å²) in [7, 11) is -2.46. The van der Waals surface area contributed by atoms with Crippen LogP contribution in [0.4, 0.5) is 0 Å². The van der Waals surface area contributed by atoms with Crippen molar-refractivity contribution in [2.24, 2.45) is 5.92 Å². The second-order valence-electron chi connectivity index (χ2n) is 11.1. The lowest BCUT2D eigenvalue weighted by molar-refractivity contribution is -0.108. The van der Waals surface area contributed by atoms with Crippen LogP contribution in [-0.2, 0) is 9.22 Å². The van der Waals surface area contributed by atoms with E-state index >= 15 is 0 Å². The average Bonchev–Trinajstić information content (AvgIpc) is 2.84. The second-order valence-corrected chi connectivity index (χ2v) is 15.4. The van der Waals surface area contributed by atoms with Crippen LogP contribution in [0.3, 0.4) is 0 Å². The van der Waals surface area contributed by atoms with Crippen LogP contribution in [0.25, 0.3) is 0 Å². The number of hydrogen-bond acceptors (Lipinski definition) is 2. The Morgan fingerprint density at radius 2 is 1.50 bits per heavy atom. The maximum atomic E-state index is 10.6. The highest BCUT2D eigenvalue weighted by Crippen LogP contribution is 2.36. The standard InChI is InChI=1S/C33H46O2Si/c1-28(24-25-34)17-10-7-11-18-29(2)27-30(3)19-16-26-35-36(33(4,5)6,31-20-12-8-13-21-31)32-22-14-9-15-23-32/h7-9,11-15,18-23,25,28H,10,16-17,24,26-27H2,1-6H3/b11-7+,29-18+,30-19+/t28-/m0/s1. The van der Waals surface area contributed by atoms with Crippen molar-refractivity contribution in [3.63, 3.8) is 0 Å². The van der Waals surface area contributed by atoms with Crippen molar-refractivity contribution >= 4 is 25.0 Å². The third-order valence-electron chi connectivity index (χ3n) is 6.75. The maximum absolute atomic E-state index is 10.6. The summed E-state index contributed by atoms with van der Waals surface area (Å²) < 4.78 is 7.00. The van der Waals surface area contributed by atoms with Gasteiger partial charge in [0.05, 0.1) is 0 Å². The highest BCUT2D eigenvalue weighted by atomic mass is 28.4. The molecular weight excluding hydrogens is 456 g/mol. The fourth-order valence-corrected chi connectivity index (χ4v) is 9.42. The van der Waals surface area contributed by atoms with Gasteiger partial charge in [0.25, 0.3) is 8.32 Å². The summed E-state index contributed by atoms with van der Waals surface area (Å²) in [4.78, 5) is 10.6. The second kappa shape index (κ2) is 14.9. The molecule has 0 spiro atoms. The van der Waals surface area contributed by atoms with Gasteiger partial charge in [-0.25, -0.2) is 0 Å². The maximum Gasteiger partial charge on any atom is 0.261 e. The summed E-state index contributed by atoms with van der Waals surface area (Å²) >= 11 is 0. The molecule has 0 unspecified atom stereocenters. The molecule has 0 saturated carbocycles. The number of carbonyl (C=O) groups is 1. The average molecular weight is 503 g/mol. The van der Waals surface area contributed by atoms with Crippen LogP contribution in [-0.4, -0.2) is 21.2 Å². The quantitative estimate of drug-likeness (QED) is 0.0866. The Morgan fingerprint density at radius 1 is 0.917 bits per heavy atom. The van der Waals surface area contributed by atoms with Crippen LogP contribution >= 0.6 is 0 Å². The van der Waals surface area contributed by atoms with Crippen LogP contribution in [0.15, 0.2) is 96.1 Å². The molecule has 3 heteroatoms. The number of benzene rings is 2. The Hall–Kier alpha value is -2.49. The van der Waals surface area contributed by atoms with E-state index in [1.165, 1.54) is 21.5 Å². The zero-order valence-electron chi connectivity index (χ0n) is 23.3. The van der Waals surface area contributed by atoms with Crippen molar-refractivity contribution in [3.05, 3.63) is 96.1 Å². The van der Waals surface area contributed by atoms with E-state index in [1.807, 2.05) is 0 Å². The summed E-state index contributed by atoms with van der Waals surface area (Å²) in [5, 5.41) is 2.66. The largest absolute Gasteiger partial charge is 0.407 e. The SMILES string of the molecule is C/C(=C\C=C\CC[C@H](C)CC=O)C/C(C)=C/CCO[Si](c1ccccc1)(c1ccccc1)C(C)(C)C. The first-order valence-corrected chi connectivity index (χ1v) is 15.3. The van der Waals surface area contributed by atoms with Crippen LogP contribution in [0.2, 0.25) is 5.04 Å². The first-order chi connectivity index (χ1) is 17.2. The lowest BCUT2D eigenvalue weighted by Gasteiger charge is -2.43. The molecule has 0 aromatic heterocycles. The predicted molar refractivity (Wildman–Crippen MR) is 159 cm³/mol. The molecule has 0 aliphatic heterocycles. The number of carbonyl (C=O) groups excluding carboxylic acids is 1. The Labute approximate surface area is 221 Å². The summed E-state index contributed by atoms with van der Waals surface area (Å²) in [5.41, 5.74) is 2.73. The van der Waals surface area contributed by atoms with Gasteiger partial charge in [0.2, 0.25) is 0 Å². The van der Waals surface area contributed by atoms with Crippen LogP contribution in [0, 0.1) is 5.92 Å². The molecule has 2 aromatic carbocycles. The van der Waals surface area contributed by atoms with E-state index < -0.39 is 8.32 Å². The van der Waals surface area contributed by atoms with Gasteiger partial charge >= 0.3 is 0 Å². The molecule has 0 heterocycles. The Kier molecular flexibility index (Phi) is 12.3. The summed E-state index contributed by atoms with van der Waals surface area (Å²) in [6.07, 6.45) is 14.6. The number of aldehydes is 1. The minimum Gasteiger partial charge on any atom is -0.407 e. The van der Waals surface area contributed by atoms with Crippen molar-refractivity contribution in [1.82, 2.24) is 0 Å². The molecule has 0 aliphatic rings. The molecule has 2 nitrogen and oxygen atoms in total. The highest BCUT2D eigenvalue weighted by Gasteiger charge is 2.49. The molecule has 0 aliphatic carbocycles. The number of hydrogen-bond donors (Lipinski definition) is 0. The van der Waals surface area contributed by atoms with E-state index in [-0.39, 0.29) is 5.04 Å². The van der Waals surface area contributed by atoms with Gasteiger partial charge in [0.1, 0.15) is 6.29 Å². The van der Waals surface area contributed by atoms with Crippen LogP contribution in [0.1, 0.15) is 73.6 Å². The summed E-state index contributed by atoms with van der Waals surface area (Å²) in [6.45, 7) is 14.2. The number of allylic oxidation sites excluding steroid dienone is 5. The van der Waals surface area contributed by atoms with Crippen molar-refractivity contribution in [3.8, 4) is 0 Å². The molecule has 0 saturated heterocycles. The van der Waals surface area contributed by atoms with Gasteiger partial charge in [-0.2, -0.15) is 0 Å². The Balaban J connectivity index is 2.03. The van der Waals surface area contributed by atoms with Gasteiger partial charge in [-0.15, -0.1) is 0 Å². The lowest BCUT2D eigenvalue weighted by Crippen LogP contribution is -2.66. The van der Waals surface area contributed by atoms with Crippen molar-refractivity contribution in [2.45, 2.75) is 78.7 Å². The monoisotopic (exact) mass is 502 g/mol. The Bertz CT molecular complexity index is 957. The molecule has 2 aromatic rings. The molecule has 2 rings (SSSR count). The van der Waals surface area contributed by atoms with Crippen molar-refractivity contribution < 1.29 is 9.22 Å². The van der Waals surface area contributed by atoms with Gasteiger partial charge in [0, 0.05) is 13.0 Å². The highest BCUT2D eigenvalue weighted by molar-refractivity contribution is 6.99. The molecule has 0 bridgehead atoms. The van der Waals surface area contributed by atoms with Gasteiger partial charge in [-0.3, -0.25) is 0 Å². The molecule has 194 valence electrons. The van der Waals surface area contributed by atoms with E-state index in [4.69, 9.17) is 4.43 Å². The molecule has 0 fully saturated rings. The molecule has 0 N–H and O–H groups in total. The van der Waals surface area contributed by atoms with Gasteiger partial charge in [0.15, 0.2) is 0 Å². The van der Waals surface area contributed by atoms with Gasteiger partial charge in [-0.1, -0.05) is 124 Å². The summed E-state index contributed by atoms with van der Waals surface area (Å²) in [6, 6.07) is 21.7. The molecule has 36 heavy (non-hydrogen) atoms. The number of rotatable bonds is 14. The third kappa shape index (κ3) is 8.87. The fraction of sp³-hybridized carbons (Fsp3) is 0.424. The Morgan fingerprint density at radius 3 is 2.03 bits per heavy atom. The minimum atomic E-state index is -2.46. The minimum absolute atomic E-state index is 0.00512. The van der Waals surface area contributed by atoms with Gasteiger partial charge < -0.3 is 9.22 Å². The van der Waals surface area contributed by atoms with Crippen LogP contribution in [0.5, 0.6) is 0 Å². The van der Waals surface area contributed by atoms with E-state index in [0.717, 1.165) is 32.0 Å². The lowest BCUT2D eigenvalue weighted by atomic mass is 10.0. The van der Waals surface area contributed by atoms with E-state index in [1.54, 1.807) is 0 Å². The summed E-state index contributed by atoms with van der Waals surface area (Å²) in [5.74, 6) is 0.466. The topological polar surface area (TPSA) is 26.3 Å². The zero-order valence-corrected chi connectivity index (χ0v) is 24.3. The zero-order chi connectivity index (χ0) is 26.4. The smallest absolute Gasteiger partial charge is 0.261 e. The van der Waals surface area contributed by atoms with Crippen molar-refractivity contribution in [2.75, 3.05) is 6.61 Å². The third-order valence-corrected chi connectivity index (χ3v) is 11.8. The molecule has 0 radical (unpaired) electrons. The van der Waals surface area contributed by atoms with Crippen LogP contribution < -0.4 is 10.4 Å². The first-order valence-electron chi connectivity index (χ1n) is 13.4. The van der Waals surface area contributed by atoms with Crippen molar-refractivity contribution in [1.29, 1.82) is 0 Å². The molecular formula is C33H46O2Si. The van der Waals surface area contributed by atoms with E-state index in [9.17, 15) is 4.79 Å². The van der Waals surface area contributed by atoms with E-state index in [2.05, 4.69) is 127 Å².